The molecule has 2 rings (SSSR count). The fourth-order valence-corrected chi connectivity index (χ4v) is 5.31. The van der Waals surface area contributed by atoms with E-state index in [9.17, 15) is 13.2 Å². The van der Waals surface area contributed by atoms with Crippen molar-refractivity contribution in [1.29, 1.82) is 0 Å². The third kappa shape index (κ3) is 5.43. The maximum absolute atomic E-state index is 12.4. The zero-order chi connectivity index (χ0) is 17.0. The van der Waals surface area contributed by atoms with Crippen LogP contribution in [0, 0.1) is 11.8 Å². The Kier molecular flexibility index (Phi) is 6.45. The number of piperidine rings is 2. The second-order valence-corrected chi connectivity index (χ2v) is 9.44. The van der Waals surface area contributed by atoms with Crippen LogP contribution in [0.25, 0.3) is 0 Å². The van der Waals surface area contributed by atoms with Gasteiger partial charge < -0.3 is 10.6 Å². The molecule has 2 heterocycles. The minimum absolute atomic E-state index is 0.0916. The van der Waals surface area contributed by atoms with E-state index >= 15 is 0 Å². The van der Waals surface area contributed by atoms with Crippen molar-refractivity contribution < 1.29 is 13.2 Å². The summed E-state index contributed by atoms with van der Waals surface area (Å²) in [7, 11) is -3.15. The number of sulfonamides is 1. The Morgan fingerprint density at radius 2 is 1.91 bits per heavy atom. The van der Waals surface area contributed by atoms with E-state index in [1.54, 1.807) is 4.31 Å². The zero-order valence-corrected chi connectivity index (χ0v) is 15.4. The van der Waals surface area contributed by atoms with Crippen molar-refractivity contribution in [2.75, 3.05) is 25.4 Å². The van der Waals surface area contributed by atoms with E-state index in [1.165, 1.54) is 0 Å². The van der Waals surface area contributed by atoms with Gasteiger partial charge in [0.1, 0.15) is 0 Å². The molecule has 0 unspecified atom stereocenters. The van der Waals surface area contributed by atoms with Gasteiger partial charge in [-0.1, -0.05) is 13.8 Å². The maximum atomic E-state index is 12.4. The molecule has 23 heavy (non-hydrogen) atoms. The van der Waals surface area contributed by atoms with Crippen LogP contribution in [0.4, 0.5) is 0 Å². The van der Waals surface area contributed by atoms with Crippen molar-refractivity contribution >= 4 is 15.9 Å². The van der Waals surface area contributed by atoms with Gasteiger partial charge >= 0.3 is 0 Å². The summed E-state index contributed by atoms with van der Waals surface area (Å²) in [6.45, 7) is 7.88. The summed E-state index contributed by atoms with van der Waals surface area (Å²) < 4.78 is 26.1. The van der Waals surface area contributed by atoms with Gasteiger partial charge in [0, 0.05) is 31.1 Å². The standard InChI is InChI=1S/C16H31N3O3S/c1-12(2)11-23(21,22)19-8-5-15(6-9-19)18-16(20)14-4-7-17-13(3)10-14/h12-15,17H,4-11H2,1-3H3,(H,18,20)/t13-,14-/m0/s1. The van der Waals surface area contributed by atoms with Crippen LogP contribution in [0.2, 0.25) is 0 Å². The lowest BCUT2D eigenvalue weighted by atomic mass is 9.92. The van der Waals surface area contributed by atoms with Crippen LogP contribution in [-0.2, 0) is 14.8 Å². The van der Waals surface area contributed by atoms with Crippen molar-refractivity contribution in [2.45, 2.75) is 58.5 Å². The summed E-state index contributed by atoms with van der Waals surface area (Å²) in [4.78, 5) is 12.4. The first kappa shape index (κ1) is 18.7. The molecular weight excluding hydrogens is 314 g/mol. The summed E-state index contributed by atoms with van der Waals surface area (Å²) in [5.74, 6) is 0.576. The predicted octanol–water partition coefficient (Wildman–Crippen LogP) is 0.941. The van der Waals surface area contributed by atoms with Gasteiger partial charge in [0.2, 0.25) is 15.9 Å². The Balaban J connectivity index is 1.79. The molecule has 6 nitrogen and oxygen atoms in total. The second-order valence-electron chi connectivity index (χ2n) is 7.43. The van der Waals surface area contributed by atoms with Crippen LogP contribution >= 0.6 is 0 Å². The Hall–Kier alpha value is -0.660. The third-order valence-electron chi connectivity index (χ3n) is 4.73. The number of hydrogen-bond acceptors (Lipinski definition) is 4. The Morgan fingerprint density at radius 3 is 2.48 bits per heavy atom. The lowest BCUT2D eigenvalue weighted by molar-refractivity contribution is -0.127. The molecule has 0 bridgehead atoms. The van der Waals surface area contributed by atoms with Crippen LogP contribution in [0.3, 0.4) is 0 Å². The molecule has 0 aromatic rings. The van der Waals surface area contributed by atoms with Gasteiger partial charge in [0.25, 0.3) is 0 Å². The SMILES string of the molecule is CC(C)CS(=O)(=O)N1CCC(NC(=O)[C@H]2CCN[C@@H](C)C2)CC1. The van der Waals surface area contributed by atoms with E-state index in [4.69, 9.17) is 0 Å². The van der Waals surface area contributed by atoms with Gasteiger partial charge in [-0.3, -0.25) is 4.79 Å². The Morgan fingerprint density at radius 1 is 1.26 bits per heavy atom. The molecule has 2 atom stereocenters. The quantitative estimate of drug-likeness (QED) is 0.777. The van der Waals surface area contributed by atoms with Crippen molar-refractivity contribution in [3.63, 3.8) is 0 Å². The highest BCUT2D eigenvalue weighted by molar-refractivity contribution is 7.89. The molecule has 7 heteroatoms. The van der Waals surface area contributed by atoms with Gasteiger partial charge in [0.05, 0.1) is 5.75 Å². The van der Waals surface area contributed by atoms with E-state index < -0.39 is 10.0 Å². The van der Waals surface area contributed by atoms with Crippen molar-refractivity contribution in [1.82, 2.24) is 14.9 Å². The van der Waals surface area contributed by atoms with E-state index in [0.717, 1.165) is 19.4 Å². The Labute approximate surface area is 140 Å². The highest BCUT2D eigenvalue weighted by Gasteiger charge is 2.31. The maximum Gasteiger partial charge on any atom is 0.223 e. The minimum Gasteiger partial charge on any atom is -0.353 e. The van der Waals surface area contributed by atoms with Gasteiger partial charge in [-0.05, 0) is 45.1 Å². The van der Waals surface area contributed by atoms with Crippen LogP contribution < -0.4 is 10.6 Å². The van der Waals surface area contributed by atoms with Crippen molar-refractivity contribution in [3.8, 4) is 0 Å². The first-order valence-electron chi connectivity index (χ1n) is 8.79. The third-order valence-corrected chi connectivity index (χ3v) is 6.97. The van der Waals surface area contributed by atoms with Gasteiger partial charge in [0.15, 0.2) is 0 Å². The predicted molar refractivity (Wildman–Crippen MR) is 91.6 cm³/mol. The van der Waals surface area contributed by atoms with Crippen LogP contribution in [0.1, 0.15) is 46.5 Å². The highest BCUT2D eigenvalue weighted by Crippen LogP contribution is 2.19. The molecule has 0 saturated carbocycles. The average molecular weight is 346 g/mol. The number of nitrogens with zero attached hydrogens (tertiary/aromatic N) is 1. The second kappa shape index (κ2) is 7.94. The highest BCUT2D eigenvalue weighted by atomic mass is 32.2. The van der Waals surface area contributed by atoms with Crippen molar-refractivity contribution in [3.05, 3.63) is 0 Å². The normalized spacial score (nSPS) is 28.0. The fraction of sp³-hybridized carbons (Fsp3) is 0.938. The van der Waals surface area contributed by atoms with Crippen LogP contribution in [-0.4, -0.2) is 56.1 Å². The number of nitrogens with one attached hydrogen (secondary N) is 2. The Bertz CT molecular complexity index is 499. The molecule has 2 N–H and O–H groups in total. The summed E-state index contributed by atoms with van der Waals surface area (Å²) in [6, 6.07) is 0.501. The number of hydrogen-bond donors (Lipinski definition) is 2. The van der Waals surface area contributed by atoms with Gasteiger partial charge in [-0.15, -0.1) is 0 Å². The monoisotopic (exact) mass is 345 g/mol. The largest absolute Gasteiger partial charge is 0.353 e. The van der Waals surface area contributed by atoms with Crippen LogP contribution in [0.15, 0.2) is 0 Å². The summed E-state index contributed by atoms with van der Waals surface area (Å²) in [5, 5.41) is 6.49. The lowest BCUT2D eigenvalue weighted by Crippen LogP contribution is -2.50. The molecule has 2 aliphatic rings. The van der Waals surface area contributed by atoms with Gasteiger partial charge in [-0.25, -0.2) is 12.7 Å². The summed E-state index contributed by atoms with van der Waals surface area (Å²) in [5.41, 5.74) is 0. The first-order valence-corrected chi connectivity index (χ1v) is 10.4. The zero-order valence-electron chi connectivity index (χ0n) is 14.5. The van der Waals surface area contributed by atoms with E-state index in [2.05, 4.69) is 17.6 Å². The molecule has 0 aromatic carbocycles. The number of carbonyl (C=O) groups excluding carboxylic acids is 1. The number of carbonyl (C=O) groups is 1. The molecule has 2 fully saturated rings. The van der Waals surface area contributed by atoms with E-state index in [1.807, 2.05) is 13.8 Å². The van der Waals surface area contributed by atoms with E-state index in [-0.39, 0.29) is 29.5 Å². The average Bonchev–Trinajstić information content (AvgIpc) is 2.46. The molecule has 0 radical (unpaired) electrons. The molecule has 0 aliphatic carbocycles. The molecule has 1 amide bonds. The molecule has 0 spiro atoms. The van der Waals surface area contributed by atoms with Crippen LogP contribution in [0.5, 0.6) is 0 Å². The molecule has 0 aromatic heterocycles. The topological polar surface area (TPSA) is 78.5 Å². The summed E-state index contributed by atoms with van der Waals surface area (Å²) >= 11 is 0. The van der Waals surface area contributed by atoms with Crippen molar-refractivity contribution in [2.24, 2.45) is 11.8 Å². The number of rotatable bonds is 5. The number of amides is 1. The first-order chi connectivity index (χ1) is 10.8. The molecule has 2 aliphatic heterocycles. The van der Waals surface area contributed by atoms with E-state index in [0.29, 0.717) is 32.0 Å². The van der Waals surface area contributed by atoms with Gasteiger partial charge in [-0.2, -0.15) is 0 Å². The molecular formula is C16H31N3O3S. The summed E-state index contributed by atoms with van der Waals surface area (Å²) in [6.07, 6.45) is 3.19. The lowest BCUT2D eigenvalue weighted by Gasteiger charge is -2.34. The smallest absolute Gasteiger partial charge is 0.223 e. The fourth-order valence-electron chi connectivity index (χ4n) is 3.49. The molecule has 134 valence electrons. The molecule has 2 saturated heterocycles. The minimum atomic E-state index is -3.15.